The molecular formula is C16H19BrClNOS. The zero-order valence-electron chi connectivity index (χ0n) is 12.2. The molecule has 2 aromatic rings. The summed E-state index contributed by atoms with van der Waals surface area (Å²) >= 11 is 10.9. The molecule has 0 radical (unpaired) electrons. The highest BCUT2D eigenvalue weighted by molar-refractivity contribution is 9.10. The summed E-state index contributed by atoms with van der Waals surface area (Å²) in [6, 6.07) is 6.19. The fourth-order valence-corrected chi connectivity index (χ4v) is 3.48. The Hall–Kier alpha value is -0.580. The first-order valence-corrected chi connectivity index (χ1v) is 9.22. The van der Waals surface area contributed by atoms with Crippen molar-refractivity contribution in [3.63, 3.8) is 0 Å². The first-order valence-electron chi connectivity index (χ1n) is 7.01. The SMILES string of the molecule is CC(C)c1cc(Br)ccc1OCCCc1nc(CCl)cs1. The summed E-state index contributed by atoms with van der Waals surface area (Å²) < 4.78 is 7.03. The number of ether oxygens (including phenoxy) is 1. The molecule has 5 heteroatoms. The molecule has 1 heterocycles. The van der Waals surface area contributed by atoms with Gasteiger partial charge in [-0.1, -0.05) is 29.8 Å². The van der Waals surface area contributed by atoms with Gasteiger partial charge in [0, 0.05) is 16.3 Å². The quantitative estimate of drug-likeness (QED) is 0.443. The normalized spacial score (nSPS) is 11.1. The Morgan fingerprint density at radius 2 is 2.19 bits per heavy atom. The first-order chi connectivity index (χ1) is 10.1. The first kappa shape index (κ1) is 16.8. The van der Waals surface area contributed by atoms with Gasteiger partial charge in [-0.05, 0) is 36.1 Å². The van der Waals surface area contributed by atoms with Crippen LogP contribution in [0.5, 0.6) is 5.75 Å². The summed E-state index contributed by atoms with van der Waals surface area (Å²) in [5, 5.41) is 3.16. The van der Waals surface area contributed by atoms with Crippen LogP contribution in [0.4, 0.5) is 0 Å². The van der Waals surface area contributed by atoms with E-state index >= 15 is 0 Å². The van der Waals surface area contributed by atoms with Crippen molar-refractivity contribution in [2.24, 2.45) is 0 Å². The Kier molecular flexibility index (Phi) is 6.52. The van der Waals surface area contributed by atoms with E-state index in [2.05, 4.69) is 40.8 Å². The molecule has 2 nitrogen and oxygen atoms in total. The minimum Gasteiger partial charge on any atom is -0.493 e. The average molecular weight is 389 g/mol. The van der Waals surface area contributed by atoms with Crippen molar-refractivity contribution in [2.45, 2.75) is 38.5 Å². The molecule has 21 heavy (non-hydrogen) atoms. The highest BCUT2D eigenvalue weighted by Gasteiger charge is 2.09. The summed E-state index contributed by atoms with van der Waals surface area (Å²) in [5.41, 5.74) is 2.20. The van der Waals surface area contributed by atoms with Crippen molar-refractivity contribution in [3.8, 4) is 5.75 Å². The van der Waals surface area contributed by atoms with Crippen molar-refractivity contribution in [3.05, 3.63) is 44.3 Å². The second kappa shape index (κ2) is 8.16. The van der Waals surface area contributed by atoms with E-state index in [0.29, 0.717) is 18.4 Å². The number of thiazole rings is 1. The maximum absolute atomic E-state index is 5.94. The van der Waals surface area contributed by atoms with Crippen molar-refractivity contribution in [1.82, 2.24) is 4.98 Å². The number of alkyl halides is 1. The molecule has 2 rings (SSSR count). The lowest BCUT2D eigenvalue weighted by Gasteiger charge is -2.14. The lowest BCUT2D eigenvalue weighted by molar-refractivity contribution is 0.306. The van der Waals surface area contributed by atoms with E-state index in [1.807, 2.05) is 17.5 Å². The predicted molar refractivity (Wildman–Crippen MR) is 93.7 cm³/mol. The summed E-state index contributed by atoms with van der Waals surface area (Å²) in [6.45, 7) is 5.06. The fourth-order valence-electron chi connectivity index (χ4n) is 2.03. The Bertz CT molecular complexity index is 585. The van der Waals surface area contributed by atoms with Crippen LogP contribution in [0.1, 0.15) is 42.5 Å². The lowest BCUT2D eigenvalue weighted by Crippen LogP contribution is -2.02. The predicted octanol–water partition coefficient (Wildman–Crippen LogP) is 5.78. The van der Waals surface area contributed by atoms with Gasteiger partial charge in [0.05, 0.1) is 23.2 Å². The molecule has 0 aliphatic heterocycles. The van der Waals surface area contributed by atoms with Crippen molar-refractivity contribution < 1.29 is 4.74 Å². The van der Waals surface area contributed by atoms with E-state index in [4.69, 9.17) is 16.3 Å². The topological polar surface area (TPSA) is 22.1 Å². The van der Waals surface area contributed by atoms with Crippen LogP contribution in [0, 0.1) is 0 Å². The third-order valence-corrected chi connectivity index (χ3v) is 4.85. The maximum Gasteiger partial charge on any atom is 0.122 e. The number of rotatable bonds is 7. The minimum atomic E-state index is 0.447. The van der Waals surface area contributed by atoms with Gasteiger partial charge in [-0.3, -0.25) is 0 Å². The third kappa shape index (κ3) is 4.97. The van der Waals surface area contributed by atoms with Crippen LogP contribution in [-0.2, 0) is 12.3 Å². The number of benzene rings is 1. The van der Waals surface area contributed by atoms with Gasteiger partial charge in [-0.15, -0.1) is 22.9 Å². The van der Waals surface area contributed by atoms with Gasteiger partial charge in [0.25, 0.3) is 0 Å². The van der Waals surface area contributed by atoms with Gasteiger partial charge in [0.15, 0.2) is 0 Å². The molecule has 0 N–H and O–H groups in total. The van der Waals surface area contributed by atoms with Crippen LogP contribution in [0.2, 0.25) is 0 Å². The van der Waals surface area contributed by atoms with Crippen molar-refractivity contribution in [1.29, 1.82) is 0 Å². The van der Waals surface area contributed by atoms with Crippen molar-refractivity contribution in [2.75, 3.05) is 6.61 Å². The zero-order valence-corrected chi connectivity index (χ0v) is 15.4. The van der Waals surface area contributed by atoms with Crippen LogP contribution < -0.4 is 4.74 Å². The summed E-state index contributed by atoms with van der Waals surface area (Å²) in [7, 11) is 0. The number of halogens is 2. The number of aryl methyl sites for hydroxylation is 1. The van der Waals surface area contributed by atoms with Gasteiger partial charge >= 0.3 is 0 Å². The highest BCUT2D eigenvalue weighted by Crippen LogP contribution is 2.29. The largest absolute Gasteiger partial charge is 0.493 e. The van der Waals surface area contributed by atoms with Gasteiger partial charge in [-0.2, -0.15) is 0 Å². The van der Waals surface area contributed by atoms with Crippen LogP contribution in [0.25, 0.3) is 0 Å². The average Bonchev–Trinajstić information content (AvgIpc) is 2.92. The van der Waals surface area contributed by atoms with Crippen LogP contribution in [0.3, 0.4) is 0 Å². The van der Waals surface area contributed by atoms with E-state index in [0.717, 1.165) is 33.8 Å². The molecule has 0 saturated carbocycles. The second-order valence-electron chi connectivity index (χ2n) is 5.16. The summed E-state index contributed by atoms with van der Waals surface area (Å²) in [6.07, 6.45) is 1.90. The van der Waals surface area contributed by atoms with Gasteiger partial charge in [0.2, 0.25) is 0 Å². The van der Waals surface area contributed by atoms with Gasteiger partial charge in [-0.25, -0.2) is 4.98 Å². The molecule has 0 unspecified atom stereocenters. The minimum absolute atomic E-state index is 0.447. The maximum atomic E-state index is 5.94. The van der Waals surface area contributed by atoms with E-state index < -0.39 is 0 Å². The lowest BCUT2D eigenvalue weighted by atomic mass is 10.0. The van der Waals surface area contributed by atoms with Crippen LogP contribution >= 0.6 is 38.9 Å². The number of hydrogen-bond acceptors (Lipinski definition) is 3. The molecule has 114 valence electrons. The second-order valence-corrected chi connectivity index (χ2v) is 7.28. The third-order valence-electron chi connectivity index (χ3n) is 3.12. The molecule has 0 bridgehead atoms. The Morgan fingerprint density at radius 1 is 1.38 bits per heavy atom. The Labute approximate surface area is 143 Å². The number of hydrogen-bond donors (Lipinski definition) is 0. The smallest absolute Gasteiger partial charge is 0.122 e. The van der Waals surface area contributed by atoms with Crippen molar-refractivity contribution >= 4 is 38.9 Å². The molecular weight excluding hydrogens is 370 g/mol. The van der Waals surface area contributed by atoms with Crippen LogP contribution in [-0.4, -0.2) is 11.6 Å². The molecule has 1 aromatic carbocycles. The van der Waals surface area contributed by atoms with E-state index in [-0.39, 0.29) is 0 Å². The highest BCUT2D eigenvalue weighted by atomic mass is 79.9. The molecule has 0 atom stereocenters. The zero-order chi connectivity index (χ0) is 15.2. The van der Waals surface area contributed by atoms with Gasteiger partial charge in [0.1, 0.15) is 5.75 Å². The monoisotopic (exact) mass is 387 g/mol. The molecule has 0 amide bonds. The fraction of sp³-hybridized carbons (Fsp3) is 0.438. The standard InChI is InChI=1S/C16H19BrClNOS/c1-11(2)14-8-12(17)5-6-15(14)20-7-3-4-16-19-13(9-18)10-21-16/h5-6,8,10-11H,3-4,7,9H2,1-2H3. The molecule has 1 aromatic heterocycles. The molecule has 0 spiro atoms. The van der Waals surface area contributed by atoms with Crippen LogP contribution in [0.15, 0.2) is 28.1 Å². The van der Waals surface area contributed by atoms with Gasteiger partial charge < -0.3 is 4.74 Å². The van der Waals surface area contributed by atoms with E-state index in [1.54, 1.807) is 11.3 Å². The Morgan fingerprint density at radius 3 is 2.86 bits per heavy atom. The molecule has 0 aliphatic rings. The summed E-state index contributed by atoms with van der Waals surface area (Å²) in [4.78, 5) is 4.46. The number of nitrogens with zero attached hydrogens (tertiary/aromatic N) is 1. The Balaban J connectivity index is 1.86. The summed E-state index contributed by atoms with van der Waals surface area (Å²) in [5.74, 6) is 1.92. The van der Waals surface area contributed by atoms with E-state index in [1.165, 1.54) is 5.56 Å². The molecule has 0 aliphatic carbocycles. The molecule has 0 fully saturated rings. The molecule has 0 saturated heterocycles. The van der Waals surface area contributed by atoms with E-state index in [9.17, 15) is 0 Å². The number of aromatic nitrogens is 1.